The van der Waals surface area contributed by atoms with Crippen LogP contribution in [0, 0.1) is 19.7 Å². The van der Waals surface area contributed by atoms with Gasteiger partial charge in [-0.1, -0.05) is 6.07 Å². The molecule has 0 fully saturated rings. The molecule has 0 saturated carbocycles. The van der Waals surface area contributed by atoms with Gasteiger partial charge in [-0.2, -0.15) is 5.10 Å². The summed E-state index contributed by atoms with van der Waals surface area (Å²) in [5.74, 6) is 0.349. The predicted octanol–water partition coefficient (Wildman–Crippen LogP) is 6.16. The summed E-state index contributed by atoms with van der Waals surface area (Å²) in [4.78, 5) is 5.77. The van der Waals surface area contributed by atoms with Crippen molar-refractivity contribution in [1.29, 1.82) is 0 Å². The van der Waals surface area contributed by atoms with Crippen molar-refractivity contribution in [3.8, 4) is 28.0 Å². The maximum Gasteiger partial charge on any atom is 0.183 e. The van der Waals surface area contributed by atoms with Crippen LogP contribution in [0.3, 0.4) is 0 Å². The number of imidazole rings is 1. The minimum Gasteiger partial charge on any atom is -0.496 e. The second kappa shape index (κ2) is 7.42. The fraction of sp³-hybridized carbons (Fsp3) is 0.208. The summed E-state index contributed by atoms with van der Waals surface area (Å²) in [6.45, 7) is 6.98. The third-order valence-electron chi connectivity index (χ3n) is 5.81. The zero-order chi connectivity index (χ0) is 21.7. The molecular weight excluding hydrogens is 411 g/mol. The number of nitrogens with zero attached hydrogens (tertiary/aromatic N) is 4. The molecule has 0 bridgehead atoms. The van der Waals surface area contributed by atoms with Gasteiger partial charge in [0.05, 0.1) is 19.6 Å². The second-order valence-corrected chi connectivity index (χ2v) is 8.74. The molecule has 0 aliphatic heterocycles. The molecule has 0 spiro atoms. The Morgan fingerprint density at radius 3 is 2.71 bits per heavy atom. The number of fused-ring (bicyclic) bond motifs is 2. The predicted molar refractivity (Wildman–Crippen MR) is 123 cm³/mol. The van der Waals surface area contributed by atoms with Crippen LogP contribution in [0.5, 0.6) is 5.75 Å². The van der Waals surface area contributed by atoms with Crippen LogP contribution in [0.25, 0.3) is 43.5 Å². The molecule has 7 heteroatoms. The van der Waals surface area contributed by atoms with Crippen LogP contribution in [0.15, 0.2) is 42.9 Å². The summed E-state index contributed by atoms with van der Waals surface area (Å²) >= 11 is 1.71. The van der Waals surface area contributed by atoms with Crippen LogP contribution < -0.4 is 4.74 Å². The summed E-state index contributed by atoms with van der Waals surface area (Å²) < 4.78 is 23.8. The van der Waals surface area contributed by atoms with Crippen LogP contribution in [-0.2, 0) is 6.54 Å². The monoisotopic (exact) mass is 432 g/mol. The van der Waals surface area contributed by atoms with E-state index in [1.807, 2.05) is 29.7 Å². The van der Waals surface area contributed by atoms with E-state index in [0.29, 0.717) is 11.3 Å². The highest BCUT2D eigenvalue weighted by atomic mass is 32.1. The van der Waals surface area contributed by atoms with Crippen molar-refractivity contribution >= 4 is 32.6 Å². The Kier molecular flexibility index (Phi) is 4.70. The standard InChI is InChI=1S/C24H21FN4OS/c1-5-29-12-26-23-19(11-27-28-24(23)29)15-6-7-20(25)17(8-15)18-10-22-16(9-21(18)30-4)13(2)14(3)31-22/h6-12H,5H2,1-4H3. The lowest BCUT2D eigenvalue weighted by atomic mass is 9.97. The molecule has 5 aromatic rings. The first-order chi connectivity index (χ1) is 15.0. The molecule has 2 aromatic carbocycles. The Labute approximate surface area is 183 Å². The Morgan fingerprint density at radius 1 is 1.10 bits per heavy atom. The van der Waals surface area contributed by atoms with E-state index in [2.05, 4.69) is 29.0 Å². The molecule has 31 heavy (non-hydrogen) atoms. The number of aromatic nitrogens is 4. The van der Waals surface area contributed by atoms with E-state index >= 15 is 4.39 Å². The van der Waals surface area contributed by atoms with Gasteiger partial charge in [0.15, 0.2) is 5.65 Å². The Morgan fingerprint density at radius 2 is 1.94 bits per heavy atom. The number of aryl methyl sites for hydroxylation is 3. The fourth-order valence-corrected chi connectivity index (χ4v) is 5.05. The Hall–Kier alpha value is -3.32. The lowest BCUT2D eigenvalue weighted by molar-refractivity contribution is 0.417. The number of ether oxygens (including phenoxy) is 1. The zero-order valence-electron chi connectivity index (χ0n) is 17.7. The summed E-state index contributed by atoms with van der Waals surface area (Å²) in [6, 6.07) is 9.11. The van der Waals surface area contributed by atoms with Crippen molar-refractivity contribution < 1.29 is 9.13 Å². The number of hydrogen-bond donors (Lipinski definition) is 0. The highest BCUT2D eigenvalue weighted by Gasteiger charge is 2.18. The number of benzene rings is 2. The Balaban J connectivity index is 1.73. The van der Waals surface area contributed by atoms with Crippen LogP contribution in [0.4, 0.5) is 4.39 Å². The second-order valence-electron chi connectivity index (χ2n) is 7.49. The van der Waals surface area contributed by atoms with Crippen molar-refractivity contribution in [2.45, 2.75) is 27.3 Å². The highest BCUT2D eigenvalue weighted by Crippen LogP contribution is 2.41. The van der Waals surface area contributed by atoms with Crippen LogP contribution in [0.2, 0.25) is 0 Å². The molecule has 156 valence electrons. The molecule has 0 unspecified atom stereocenters. The van der Waals surface area contributed by atoms with E-state index in [0.717, 1.165) is 44.5 Å². The van der Waals surface area contributed by atoms with E-state index < -0.39 is 0 Å². The highest BCUT2D eigenvalue weighted by molar-refractivity contribution is 7.19. The molecule has 0 amide bonds. The van der Waals surface area contributed by atoms with Gasteiger partial charge < -0.3 is 9.30 Å². The Bertz CT molecular complexity index is 1450. The molecule has 3 aromatic heterocycles. The zero-order valence-corrected chi connectivity index (χ0v) is 18.5. The van der Waals surface area contributed by atoms with E-state index in [9.17, 15) is 0 Å². The first kappa shape index (κ1) is 19.6. The first-order valence-electron chi connectivity index (χ1n) is 10.1. The number of rotatable bonds is 4. The minimum atomic E-state index is -0.302. The van der Waals surface area contributed by atoms with Crippen LogP contribution >= 0.6 is 11.3 Å². The van der Waals surface area contributed by atoms with Crippen LogP contribution in [-0.4, -0.2) is 26.9 Å². The molecule has 0 radical (unpaired) electrons. The average Bonchev–Trinajstić information content (AvgIpc) is 3.33. The van der Waals surface area contributed by atoms with Gasteiger partial charge in [-0.25, -0.2) is 9.37 Å². The van der Waals surface area contributed by atoms with Crippen LogP contribution in [0.1, 0.15) is 17.4 Å². The van der Waals surface area contributed by atoms with E-state index in [1.54, 1.807) is 37.0 Å². The molecule has 0 saturated heterocycles. The maximum absolute atomic E-state index is 15.0. The van der Waals surface area contributed by atoms with E-state index in [4.69, 9.17) is 4.74 Å². The molecule has 5 nitrogen and oxygen atoms in total. The molecular formula is C24H21FN4OS. The van der Waals surface area contributed by atoms with Crippen molar-refractivity contribution in [2.24, 2.45) is 0 Å². The molecule has 0 aliphatic carbocycles. The molecule has 5 rings (SSSR count). The van der Waals surface area contributed by atoms with Gasteiger partial charge in [-0.15, -0.1) is 16.4 Å². The third kappa shape index (κ3) is 3.08. The summed E-state index contributed by atoms with van der Waals surface area (Å²) in [5.41, 5.74) is 5.57. The maximum atomic E-state index is 15.0. The summed E-state index contributed by atoms with van der Waals surface area (Å²) in [7, 11) is 1.62. The van der Waals surface area contributed by atoms with E-state index in [1.165, 1.54) is 16.5 Å². The lowest BCUT2D eigenvalue weighted by Gasteiger charge is -2.12. The topological polar surface area (TPSA) is 52.8 Å². The molecule has 0 atom stereocenters. The first-order valence-corrected chi connectivity index (χ1v) is 10.9. The third-order valence-corrected chi connectivity index (χ3v) is 6.98. The van der Waals surface area contributed by atoms with Gasteiger partial charge in [0, 0.05) is 32.8 Å². The van der Waals surface area contributed by atoms with Crippen molar-refractivity contribution in [3.63, 3.8) is 0 Å². The number of hydrogen-bond acceptors (Lipinski definition) is 5. The van der Waals surface area contributed by atoms with Gasteiger partial charge in [0.1, 0.15) is 17.1 Å². The van der Waals surface area contributed by atoms with Gasteiger partial charge in [0.2, 0.25) is 0 Å². The van der Waals surface area contributed by atoms with Crippen molar-refractivity contribution in [2.75, 3.05) is 7.11 Å². The summed E-state index contributed by atoms with van der Waals surface area (Å²) in [6.07, 6.45) is 3.43. The number of methoxy groups -OCH3 is 1. The molecule has 0 N–H and O–H groups in total. The lowest BCUT2D eigenvalue weighted by Crippen LogP contribution is -1.96. The van der Waals surface area contributed by atoms with Crippen molar-refractivity contribution in [3.05, 3.63) is 59.1 Å². The normalized spacial score (nSPS) is 11.5. The largest absolute Gasteiger partial charge is 0.496 e. The van der Waals surface area contributed by atoms with Gasteiger partial charge in [-0.05, 0) is 61.5 Å². The fourth-order valence-electron chi connectivity index (χ4n) is 3.96. The van der Waals surface area contributed by atoms with Gasteiger partial charge >= 0.3 is 0 Å². The SMILES string of the molecule is CCn1cnc2c(-c3ccc(F)c(-c4cc5sc(C)c(C)c5cc4OC)c3)cnnc21. The average molecular weight is 433 g/mol. The van der Waals surface area contributed by atoms with Crippen molar-refractivity contribution in [1.82, 2.24) is 19.7 Å². The summed E-state index contributed by atoms with van der Waals surface area (Å²) in [5, 5.41) is 9.52. The van der Waals surface area contributed by atoms with Gasteiger partial charge in [0.25, 0.3) is 0 Å². The smallest absolute Gasteiger partial charge is 0.183 e. The quantitative estimate of drug-likeness (QED) is 0.341. The van der Waals surface area contributed by atoms with Gasteiger partial charge in [-0.3, -0.25) is 0 Å². The number of halogens is 1. The van der Waals surface area contributed by atoms with E-state index in [-0.39, 0.29) is 5.82 Å². The molecule has 3 heterocycles. The minimum absolute atomic E-state index is 0.302. The molecule has 0 aliphatic rings. The number of thiophene rings is 1.